The number of H-pyrrole nitrogens is 1. The van der Waals surface area contributed by atoms with E-state index >= 15 is 0 Å². The van der Waals surface area contributed by atoms with E-state index in [4.69, 9.17) is 0 Å². The molecule has 1 unspecified atom stereocenters. The Morgan fingerprint density at radius 3 is 2.62 bits per heavy atom. The highest BCUT2D eigenvalue weighted by molar-refractivity contribution is 6.08. The molecule has 1 aromatic carbocycles. The smallest absolute Gasteiger partial charge is 0.254 e. The van der Waals surface area contributed by atoms with Crippen molar-refractivity contribution in [1.29, 1.82) is 0 Å². The quantitative estimate of drug-likeness (QED) is 0.809. The highest BCUT2D eigenvalue weighted by Crippen LogP contribution is 2.23. The number of carbonyl (C=O) groups is 1. The van der Waals surface area contributed by atoms with E-state index in [2.05, 4.69) is 31.1 Å². The second-order valence-corrected chi connectivity index (χ2v) is 6.79. The molecule has 0 saturated carbocycles. The lowest BCUT2D eigenvalue weighted by molar-refractivity contribution is 0.0899. The number of aromatic nitrogens is 1. The number of nitrogens with one attached hydrogen (secondary N) is 2. The molecule has 1 heterocycles. The lowest BCUT2D eigenvalue weighted by atomic mass is 9.88. The standard InChI is InChI=1S/C17H24N2O2/c1-11-15(13-7-5-6-8-14(13)18-11)16(21)19-12(10-20)9-17(2,3)4/h5-8,12,18,20H,9-10H2,1-4H3,(H,19,21). The molecule has 21 heavy (non-hydrogen) atoms. The summed E-state index contributed by atoms with van der Waals surface area (Å²) in [6, 6.07) is 7.52. The van der Waals surface area contributed by atoms with Crippen LogP contribution < -0.4 is 5.32 Å². The Morgan fingerprint density at radius 1 is 1.33 bits per heavy atom. The number of para-hydroxylation sites is 1. The number of fused-ring (bicyclic) bond motifs is 1. The van der Waals surface area contributed by atoms with Crippen LogP contribution in [0.25, 0.3) is 10.9 Å². The average Bonchev–Trinajstić information content (AvgIpc) is 2.72. The van der Waals surface area contributed by atoms with Crippen molar-refractivity contribution in [2.75, 3.05) is 6.61 Å². The number of aliphatic hydroxyl groups is 1. The molecule has 0 fully saturated rings. The Bertz CT molecular complexity index is 638. The molecule has 4 nitrogen and oxygen atoms in total. The fraction of sp³-hybridized carbons (Fsp3) is 0.471. The summed E-state index contributed by atoms with van der Waals surface area (Å²) >= 11 is 0. The van der Waals surface area contributed by atoms with E-state index in [1.165, 1.54) is 0 Å². The van der Waals surface area contributed by atoms with Crippen LogP contribution in [0.15, 0.2) is 24.3 Å². The van der Waals surface area contributed by atoms with Gasteiger partial charge in [-0.05, 0) is 24.8 Å². The molecule has 0 aliphatic heterocycles. The van der Waals surface area contributed by atoms with Gasteiger partial charge >= 0.3 is 0 Å². The number of amides is 1. The Hall–Kier alpha value is -1.81. The van der Waals surface area contributed by atoms with E-state index in [-0.39, 0.29) is 24.0 Å². The van der Waals surface area contributed by atoms with E-state index in [1.54, 1.807) is 0 Å². The predicted octanol–water partition coefficient (Wildman–Crippen LogP) is 3.00. The third-order valence-corrected chi connectivity index (χ3v) is 3.54. The third-order valence-electron chi connectivity index (χ3n) is 3.54. The summed E-state index contributed by atoms with van der Waals surface area (Å²) in [4.78, 5) is 15.8. The highest BCUT2D eigenvalue weighted by atomic mass is 16.3. The number of carbonyl (C=O) groups excluding carboxylic acids is 1. The lowest BCUT2D eigenvalue weighted by Gasteiger charge is -2.25. The fourth-order valence-corrected chi connectivity index (χ4v) is 2.73. The van der Waals surface area contributed by atoms with Crippen molar-refractivity contribution in [2.24, 2.45) is 5.41 Å². The van der Waals surface area contributed by atoms with Crippen LogP contribution in [0.1, 0.15) is 43.2 Å². The second-order valence-electron chi connectivity index (χ2n) is 6.79. The van der Waals surface area contributed by atoms with Crippen molar-refractivity contribution in [3.63, 3.8) is 0 Å². The maximum absolute atomic E-state index is 12.6. The minimum Gasteiger partial charge on any atom is -0.394 e. The van der Waals surface area contributed by atoms with Crippen LogP contribution >= 0.6 is 0 Å². The first-order valence-corrected chi connectivity index (χ1v) is 7.31. The van der Waals surface area contributed by atoms with Gasteiger partial charge in [0.2, 0.25) is 0 Å². The zero-order valence-corrected chi connectivity index (χ0v) is 13.2. The van der Waals surface area contributed by atoms with E-state index < -0.39 is 0 Å². The summed E-state index contributed by atoms with van der Waals surface area (Å²) in [5.74, 6) is -0.131. The topological polar surface area (TPSA) is 65.1 Å². The van der Waals surface area contributed by atoms with E-state index in [0.717, 1.165) is 23.0 Å². The number of benzene rings is 1. The molecular weight excluding hydrogens is 264 g/mol. The van der Waals surface area contributed by atoms with E-state index in [9.17, 15) is 9.90 Å². The molecule has 0 radical (unpaired) electrons. The first-order chi connectivity index (χ1) is 9.81. The number of hydrogen-bond donors (Lipinski definition) is 3. The van der Waals surface area contributed by atoms with Gasteiger partial charge in [0.15, 0.2) is 0 Å². The summed E-state index contributed by atoms with van der Waals surface area (Å²) < 4.78 is 0. The Labute approximate surface area is 125 Å². The second kappa shape index (κ2) is 5.90. The zero-order chi connectivity index (χ0) is 15.6. The first kappa shape index (κ1) is 15.6. The number of hydrogen-bond acceptors (Lipinski definition) is 2. The average molecular weight is 288 g/mol. The zero-order valence-electron chi connectivity index (χ0n) is 13.2. The summed E-state index contributed by atoms with van der Waals surface area (Å²) in [7, 11) is 0. The van der Waals surface area contributed by atoms with Gasteiger partial charge in [-0.2, -0.15) is 0 Å². The molecule has 0 spiro atoms. The number of aromatic amines is 1. The summed E-state index contributed by atoms with van der Waals surface area (Å²) in [5.41, 5.74) is 2.52. The van der Waals surface area contributed by atoms with Gasteiger partial charge < -0.3 is 15.4 Å². The van der Waals surface area contributed by atoms with E-state index in [1.807, 2.05) is 31.2 Å². The fourth-order valence-electron chi connectivity index (χ4n) is 2.73. The van der Waals surface area contributed by atoms with Crippen molar-refractivity contribution < 1.29 is 9.90 Å². The Balaban J connectivity index is 2.24. The molecule has 4 heteroatoms. The maximum atomic E-state index is 12.6. The third kappa shape index (κ3) is 3.64. The summed E-state index contributed by atoms with van der Waals surface area (Å²) in [6.45, 7) is 8.13. The normalized spacial score (nSPS) is 13.4. The van der Waals surface area contributed by atoms with Crippen LogP contribution in [-0.2, 0) is 0 Å². The molecule has 2 aromatic rings. The van der Waals surface area contributed by atoms with Gasteiger partial charge in [-0.1, -0.05) is 39.0 Å². The number of aliphatic hydroxyl groups excluding tert-OH is 1. The number of rotatable bonds is 4. The molecular formula is C17H24N2O2. The van der Waals surface area contributed by atoms with Gasteiger partial charge in [0.1, 0.15) is 0 Å². The molecule has 2 rings (SSSR count). The lowest BCUT2D eigenvalue weighted by Crippen LogP contribution is -2.40. The van der Waals surface area contributed by atoms with Gasteiger partial charge in [0.05, 0.1) is 18.2 Å². The van der Waals surface area contributed by atoms with Gasteiger partial charge in [0, 0.05) is 16.6 Å². The Morgan fingerprint density at radius 2 is 2.00 bits per heavy atom. The minimum atomic E-state index is -0.231. The first-order valence-electron chi connectivity index (χ1n) is 7.31. The van der Waals surface area contributed by atoms with Gasteiger partial charge in [0.25, 0.3) is 5.91 Å². The number of aryl methyl sites for hydroxylation is 1. The van der Waals surface area contributed by atoms with Crippen LogP contribution in [0.3, 0.4) is 0 Å². The summed E-state index contributed by atoms with van der Waals surface area (Å²) in [6.07, 6.45) is 0.733. The Kier molecular flexibility index (Phi) is 4.37. The van der Waals surface area contributed by atoms with Crippen molar-refractivity contribution >= 4 is 16.8 Å². The SMILES string of the molecule is Cc1[nH]c2ccccc2c1C(=O)NC(CO)CC(C)(C)C. The molecule has 3 N–H and O–H groups in total. The van der Waals surface area contributed by atoms with Crippen LogP contribution in [0.5, 0.6) is 0 Å². The van der Waals surface area contributed by atoms with E-state index in [0.29, 0.717) is 5.56 Å². The van der Waals surface area contributed by atoms with Crippen molar-refractivity contribution in [2.45, 2.75) is 40.2 Å². The van der Waals surface area contributed by atoms with Gasteiger partial charge in [-0.15, -0.1) is 0 Å². The molecule has 114 valence electrons. The molecule has 0 aliphatic carbocycles. The molecule has 0 aliphatic rings. The van der Waals surface area contributed by atoms with Crippen molar-refractivity contribution in [3.05, 3.63) is 35.5 Å². The molecule has 0 saturated heterocycles. The van der Waals surface area contributed by atoms with Crippen LogP contribution in [0.4, 0.5) is 0 Å². The predicted molar refractivity (Wildman–Crippen MR) is 85.4 cm³/mol. The van der Waals surface area contributed by atoms with Gasteiger partial charge in [-0.25, -0.2) is 0 Å². The van der Waals surface area contributed by atoms with Crippen LogP contribution in [0.2, 0.25) is 0 Å². The van der Waals surface area contributed by atoms with Gasteiger partial charge in [-0.3, -0.25) is 4.79 Å². The van der Waals surface area contributed by atoms with Crippen molar-refractivity contribution in [3.8, 4) is 0 Å². The maximum Gasteiger partial charge on any atom is 0.254 e. The van der Waals surface area contributed by atoms with Crippen molar-refractivity contribution in [1.82, 2.24) is 10.3 Å². The molecule has 1 amide bonds. The van der Waals surface area contributed by atoms with Crippen LogP contribution in [0, 0.1) is 12.3 Å². The monoisotopic (exact) mass is 288 g/mol. The highest BCUT2D eigenvalue weighted by Gasteiger charge is 2.22. The molecule has 1 aromatic heterocycles. The molecule has 0 bridgehead atoms. The molecule has 1 atom stereocenters. The summed E-state index contributed by atoms with van der Waals surface area (Å²) in [5, 5.41) is 13.4. The van der Waals surface area contributed by atoms with Crippen LogP contribution in [-0.4, -0.2) is 28.6 Å². The largest absolute Gasteiger partial charge is 0.394 e. The minimum absolute atomic E-state index is 0.0512.